The van der Waals surface area contributed by atoms with Crippen LogP contribution in [0.1, 0.15) is 56.9 Å². The number of thioether (sulfide) groups is 1. The van der Waals surface area contributed by atoms with Gasteiger partial charge in [0.2, 0.25) is 11.8 Å². The summed E-state index contributed by atoms with van der Waals surface area (Å²) in [6, 6.07) is 13.3. The van der Waals surface area contributed by atoms with Crippen LogP contribution in [0, 0.1) is 17.2 Å². The minimum atomic E-state index is -0.568. The molecule has 5 nitrogen and oxygen atoms in total. The topological polar surface area (TPSA) is 74.1 Å². The average Bonchev–Trinajstić information content (AvgIpc) is 2.95. The Morgan fingerprint density at radius 2 is 1.83 bits per heavy atom. The molecule has 1 unspecified atom stereocenters. The molecule has 1 saturated heterocycles. The fraction of sp³-hybridized carbons (Fsp3) is 0.391. The predicted octanol–water partition coefficient (Wildman–Crippen LogP) is 4.70. The zero-order valence-corrected chi connectivity index (χ0v) is 18.0. The molecule has 6 heteroatoms. The normalized spacial score (nSPS) is 16.7. The molecule has 0 spiro atoms. The molecule has 1 aliphatic heterocycles. The Morgan fingerprint density at radius 1 is 1.14 bits per heavy atom. The Morgan fingerprint density at radius 3 is 2.41 bits per heavy atom. The number of imide groups is 1. The summed E-state index contributed by atoms with van der Waals surface area (Å²) in [4.78, 5) is 31.4. The van der Waals surface area contributed by atoms with Gasteiger partial charge in [-0.3, -0.25) is 9.59 Å². The highest BCUT2D eigenvalue weighted by molar-refractivity contribution is 8.00. The molecule has 1 fully saturated rings. The molecule has 150 valence electrons. The number of hydrogen-bond donors (Lipinski definition) is 0. The van der Waals surface area contributed by atoms with E-state index in [1.807, 2.05) is 30.3 Å². The molecule has 3 rings (SSSR count). The summed E-state index contributed by atoms with van der Waals surface area (Å²) in [6.45, 7) is 8.41. The summed E-state index contributed by atoms with van der Waals surface area (Å²) in [5.74, 6) is 0.345. The van der Waals surface area contributed by atoms with Crippen LogP contribution in [0.2, 0.25) is 0 Å². The molecule has 1 aromatic carbocycles. The molecule has 0 radical (unpaired) electrons. The summed E-state index contributed by atoms with van der Waals surface area (Å²) in [6.07, 6.45) is 0.904. The standard InChI is InChI=1S/C23H25N3O2S/c1-14(2)11-18-8-5-17(13-24)22(25-18)29-20-12-21(27)26(23(20)28)19-9-6-16(7-10-19)15(3)4/h5-10,14-15,20H,11-12H2,1-4H3. The van der Waals surface area contributed by atoms with Gasteiger partial charge >= 0.3 is 0 Å². The molecule has 1 atom stereocenters. The van der Waals surface area contributed by atoms with Gasteiger partial charge in [-0.1, -0.05) is 51.6 Å². The molecule has 2 amide bonds. The first-order chi connectivity index (χ1) is 13.8. The van der Waals surface area contributed by atoms with Gasteiger partial charge in [-0.05, 0) is 48.1 Å². The van der Waals surface area contributed by atoms with E-state index in [1.165, 1.54) is 16.7 Å². The summed E-state index contributed by atoms with van der Waals surface area (Å²) in [5, 5.41) is 9.37. The van der Waals surface area contributed by atoms with Crippen LogP contribution in [-0.2, 0) is 16.0 Å². The zero-order valence-electron chi connectivity index (χ0n) is 17.2. The Hall–Kier alpha value is -2.65. The van der Waals surface area contributed by atoms with E-state index in [4.69, 9.17) is 0 Å². The van der Waals surface area contributed by atoms with Crippen molar-refractivity contribution in [2.75, 3.05) is 4.90 Å². The Bertz CT molecular complexity index is 961. The van der Waals surface area contributed by atoms with Crippen molar-refractivity contribution in [3.63, 3.8) is 0 Å². The predicted molar refractivity (Wildman–Crippen MR) is 115 cm³/mol. The molecule has 2 aromatic rings. The van der Waals surface area contributed by atoms with Crippen molar-refractivity contribution >= 4 is 29.3 Å². The number of amides is 2. The minimum absolute atomic E-state index is 0.108. The number of carbonyl (C=O) groups excluding carboxylic acids is 2. The molecule has 0 saturated carbocycles. The van der Waals surface area contributed by atoms with Crippen molar-refractivity contribution in [2.24, 2.45) is 5.92 Å². The van der Waals surface area contributed by atoms with Crippen molar-refractivity contribution in [1.29, 1.82) is 5.26 Å². The summed E-state index contributed by atoms with van der Waals surface area (Å²) in [5.41, 5.74) is 3.07. The molecular formula is C23H25N3O2S. The summed E-state index contributed by atoms with van der Waals surface area (Å²) < 4.78 is 0. The second kappa shape index (κ2) is 8.79. The largest absolute Gasteiger partial charge is 0.274 e. The lowest BCUT2D eigenvalue weighted by Crippen LogP contribution is -2.31. The van der Waals surface area contributed by atoms with E-state index < -0.39 is 5.25 Å². The SMILES string of the molecule is CC(C)Cc1ccc(C#N)c(SC2CC(=O)N(c3ccc(C(C)C)cc3)C2=O)n1. The number of rotatable bonds is 6. The minimum Gasteiger partial charge on any atom is -0.274 e. The number of pyridine rings is 1. The molecule has 1 aromatic heterocycles. The van der Waals surface area contributed by atoms with Crippen LogP contribution in [0.5, 0.6) is 0 Å². The van der Waals surface area contributed by atoms with Crippen LogP contribution in [-0.4, -0.2) is 22.0 Å². The third-order valence-corrected chi connectivity index (χ3v) is 6.02. The Kier molecular flexibility index (Phi) is 6.39. The number of hydrogen-bond acceptors (Lipinski definition) is 5. The van der Waals surface area contributed by atoms with Gasteiger partial charge in [0.1, 0.15) is 11.1 Å². The van der Waals surface area contributed by atoms with Gasteiger partial charge in [-0.15, -0.1) is 0 Å². The summed E-state index contributed by atoms with van der Waals surface area (Å²) in [7, 11) is 0. The van der Waals surface area contributed by atoms with Crippen molar-refractivity contribution in [1.82, 2.24) is 4.98 Å². The number of carbonyl (C=O) groups is 2. The smallest absolute Gasteiger partial charge is 0.247 e. The van der Waals surface area contributed by atoms with E-state index >= 15 is 0 Å². The number of aromatic nitrogens is 1. The van der Waals surface area contributed by atoms with Gasteiger partial charge in [0, 0.05) is 12.1 Å². The van der Waals surface area contributed by atoms with Gasteiger partial charge in [-0.2, -0.15) is 5.26 Å². The molecule has 0 N–H and O–H groups in total. The van der Waals surface area contributed by atoms with Crippen molar-refractivity contribution in [3.05, 3.63) is 53.2 Å². The number of nitrogens with zero attached hydrogens (tertiary/aromatic N) is 3. The van der Waals surface area contributed by atoms with Gasteiger partial charge in [0.25, 0.3) is 0 Å². The third kappa shape index (κ3) is 4.68. The van der Waals surface area contributed by atoms with Crippen LogP contribution in [0.3, 0.4) is 0 Å². The first-order valence-electron chi connectivity index (χ1n) is 9.83. The number of nitriles is 1. The lowest BCUT2D eigenvalue weighted by atomic mass is 10.0. The molecule has 0 aliphatic carbocycles. The Labute approximate surface area is 176 Å². The van der Waals surface area contributed by atoms with Crippen molar-refractivity contribution in [3.8, 4) is 6.07 Å². The average molecular weight is 408 g/mol. The van der Waals surface area contributed by atoms with E-state index in [-0.39, 0.29) is 18.2 Å². The first-order valence-corrected chi connectivity index (χ1v) is 10.7. The van der Waals surface area contributed by atoms with Crippen LogP contribution >= 0.6 is 11.8 Å². The van der Waals surface area contributed by atoms with E-state index in [0.29, 0.717) is 28.1 Å². The molecule has 1 aliphatic rings. The van der Waals surface area contributed by atoms with Crippen molar-refractivity contribution < 1.29 is 9.59 Å². The number of anilines is 1. The second-order valence-electron chi connectivity index (χ2n) is 7.99. The fourth-order valence-corrected chi connectivity index (χ4v) is 4.41. The van der Waals surface area contributed by atoms with E-state index in [2.05, 4.69) is 38.7 Å². The van der Waals surface area contributed by atoms with Crippen molar-refractivity contribution in [2.45, 2.75) is 56.7 Å². The van der Waals surface area contributed by atoms with E-state index in [0.717, 1.165) is 17.7 Å². The lowest BCUT2D eigenvalue weighted by Gasteiger charge is -2.16. The van der Waals surface area contributed by atoms with Crippen LogP contribution in [0.25, 0.3) is 0 Å². The van der Waals surface area contributed by atoms with E-state index in [1.54, 1.807) is 6.07 Å². The monoisotopic (exact) mass is 407 g/mol. The first kappa shape index (κ1) is 21.1. The second-order valence-corrected chi connectivity index (χ2v) is 9.18. The zero-order chi connectivity index (χ0) is 21.1. The summed E-state index contributed by atoms with van der Waals surface area (Å²) >= 11 is 1.22. The highest BCUT2D eigenvalue weighted by Crippen LogP contribution is 2.35. The van der Waals surface area contributed by atoms with Crippen LogP contribution < -0.4 is 4.90 Å². The van der Waals surface area contributed by atoms with Gasteiger partial charge in [-0.25, -0.2) is 9.88 Å². The van der Waals surface area contributed by atoms with Gasteiger partial charge in [0.15, 0.2) is 0 Å². The van der Waals surface area contributed by atoms with Crippen LogP contribution in [0.4, 0.5) is 5.69 Å². The maximum absolute atomic E-state index is 13.0. The van der Waals surface area contributed by atoms with Gasteiger partial charge < -0.3 is 0 Å². The maximum atomic E-state index is 13.0. The molecule has 0 bridgehead atoms. The molecular weight excluding hydrogens is 382 g/mol. The van der Waals surface area contributed by atoms with Gasteiger partial charge in [0.05, 0.1) is 16.5 Å². The molecule has 29 heavy (non-hydrogen) atoms. The van der Waals surface area contributed by atoms with E-state index in [9.17, 15) is 14.9 Å². The highest BCUT2D eigenvalue weighted by Gasteiger charge is 2.40. The fourth-order valence-electron chi connectivity index (χ4n) is 3.30. The Balaban J connectivity index is 1.82. The lowest BCUT2D eigenvalue weighted by molar-refractivity contribution is -0.121. The maximum Gasteiger partial charge on any atom is 0.247 e. The highest BCUT2D eigenvalue weighted by atomic mass is 32.2. The number of benzene rings is 1. The molecule has 2 heterocycles. The quantitative estimate of drug-likeness (QED) is 0.649. The van der Waals surface area contributed by atoms with Crippen LogP contribution in [0.15, 0.2) is 41.4 Å². The third-order valence-electron chi connectivity index (χ3n) is 4.83.